The molecule has 2 unspecified atom stereocenters. The SMILES string of the molecule is CCOC(=O)C1(N)CC1S(=O)(=O)c1ccccc1. The molecule has 0 spiro atoms. The van der Waals surface area contributed by atoms with Gasteiger partial charge in [0.05, 0.1) is 16.8 Å². The van der Waals surface area contributed by atoms with Gasteiger partial charge in [0.2, 0.25) is 0 Å². The molecule has 5 nitrogen and oxygen atoms in total. The molecule has 0 aromatic heterocycles. The molecular weight excluding hydrogens is 254 g/mol. The summed E-state index contributed by atoms with van der Waals surface area (Å²) in [5, 5.41) is -0.883. The quantitative estimate of drug-likeness (QED) is 0.804. The minimum Gasteiger partial charge on any atom is -0.465 e. The lowest BCUT2D eigenvalue weighted by Gasteiger charge is -2.10. The third-order valence-electron chi connectivity index (χ3n) is 3.04. The minimum atomic E-state index is -3.56. The average molecular weight is 269 g/mol. The Kier molecular flexibility index (Phi) is 3.16. The maximum atomic E-state index is 12.2. The van der Waals surface area contributed by atoms with E-state index < -0.39 is 26.6 Å². The number of hydrogen-bond acceptors (Lipinski definition) is 5. The summed E-state index contributed by atoms with van der Waals surface area (Å²) >= 11 is 0. The highest BCUT2D eigenvalue weighted by Gasteiger charge is 2.65. The van der Waals surface area contributed by atoms with Gasteiger partial charge in [0.25, 0.3) is 0 Å². The normalized spacial score (nSPS) is 26.7. The summed E-state index contributed by atoms with van der Waals surface area (Å²) < 4.78 is 29.3. The van der Waals surface area contributed by atoms with Crippen molar-refractivity contribution in [3.8, 4) is 0 Å². The molecule has 1 saturated carbocycles. The first kappa shape index (κ1) is 13.0. The van der Waals surface area contributed by atoms with Crippen LogP contribution < -0.4 is 5.73 Å². The molecule has 0 heterocycles. The lowest BCUT2D eigenvalue weighted by atomic mass is 10.3. The van der Waals surface area contributed by atoms with E-state index in [1.54, 1.807) is 25.1 Å². The number of sulfone groups is 1. The van der Waals surface area contributed by atoms with Crippen LogP contribution in [0, 0.1) is 0 Å². The number of benzene rings is 1. The zero-order valence-corrected chi connectivity index (χ0v) is 10.8. The molecule has 2 atom stereocenters. The van der Waals surface area contributed by atoms with Gasteiger partial charge in [0.1, 0.15) is 5.54 Å². The lowest BCUT2D eigenvalue weighted by molar-refractivity contribution is -0.145. The van der Waals surface area contributed by atoms with Crippen LogP contribution in [0.15, 0.2) is 35.2 Å². The van der Waals surface area contributed by atoms with Gasteiger partial charge in [0, 0.05) is 0 Å². The number of carbonyl (C=O) groups is 1. The fourth-order valence-electron chi connectivity index (χ4n) is 1.89. The summed E-state index contributed by atoms with van der Waals surface area (Å²) in [6.07, 6.45) is 0.114. The van der Waals surface area contributed by atoms with Crippen LogP contribution in [0.1, 0.15) is 13.3 Å². The van der Waals surface area contributed by atoms with Crippen molar-refractivity contribution in [2.45, 2.75) is 29.0 Å². The topological polar surface area (TPSA) is 86.5 Å². The van der Waals surface area contributed by atoms with Gasteiger partial charge >= 0.3 is 5.97 Å². The van der Waals surface area contributed by atoms with Crippen LogP contribution in [0.2, 0.25) is 0 Å². The molecule has 0 radical (unpaired) electrons. The standard InChI is InChI=1S/C12H15NO4S/c1-2-17-11(14)12(13)8-10(12)18(15,16)9-6-4-3-5-7-9/h3-7,10H,2,8,13H2,1H3. The Labute approximate surface area is 106 Å². The molecule has 18 heavy (non-hydrogen) atoms. The summed E-state index contributed by atoms with van der Waals surface area (Å²) in [7, 11) is -3.56. The maximum Gasteiger partial charge on any atom is 0.327 e. The summed E-state index contributed by atoms with van der Waals surface area (Å²) in [4.78, 5) is 11.8. The molecule has 98 valence electrons. The van der Waals surface area contributed by atoms with Crippen LogP contribution >= 0.6 is 0 Å². The van der Waals surface area contributed by atoms with E-state index in [2.05, 4.69) is 0 Å². The van der Waals surface area contributed by atoms with E-state index in [4.69, 9.17) is 10.5 Å². The molecule has 0 saturated heterocycles. The van der Waals surface area contributed by atoms with Crippen molar-refractivity contribution in [2.75, 3.05) is 6.61 Å². The van der Waals surface area contributed by atoms with Crippen LogP contribution in [0.4, 0.5) is 0 Å². The number of ether oxygens (including phenoxy) is 1. The minimum absolute atomic E-state index is 0.114. The van der Waals surface area contributed by atoms with Crippen molar-refractivity contribution in [1.82, 2.24) is 0 Å². The van der Waals surface area contributed by atoms with E-state index >= 15 is 0 Å². The number of carbonyl (C=O) groups excluding carboxylic acids is 1. The molecule has 2 N–H and O–H groups in total. The number of rotatable bonds is 4. The molecule has 6 heteroatoms. The largest absolute Gasteiger partial charge is 0.465 e. The molecule has 1 aromatic rings. The molecule has 0 aliphatic heterocycles. The Balaban J connectivity index is 2.24. The summed E-state index contributed by atoms with van der Waals surface area (Å²) in [5.41, 5.74) is 4.41. The second kappa shape index (κ2) is 4.37. The van der Waals surface area contributed by atoms with Crippen molar-refractivity contribution in [3.05, 3.63) is 30.3 Å². The van der Waals surface area contributed by atoms with Crippen molar-refractivity contribution < 1.29 is 17.9 Å². The Hall–Kier alpha value is -1.40. The van der Waals surface area contributed by atoms with Gasteiger partial charge in [-0.2, -0.15) is 0 Å². The smallest absolute Gasteiger partial charge is 0.327 e. The monoisotopic (exact) mass is 269 g/mol. The summed E-state index contributed by atoms with van der Waals surface area (Å²) in [6, 6.07) is 8.00. The fourth-order valence-corrected chi connectivity index (χ4v) is 3.90. The van der Waals surface area contributed by atoms with Crippen LogP contribution in [0.25, 0.3) is 0 Å². The van der Waals surface area contributed by atoms with Gasteiger partial charge in [-0.15, -0.1) is 0 Å². The molecule has 1 aromatic carbocycles. The summed E-state index contributed by atoms with van der Waals surface area (Å²) in [6.45, 7) is 1.85. The first-order valence-electron chi connectivity index (χ1n) is 5.68. The van der Waals surface area contributed by atoms with Gasteiger partial charge in [-0.3, -0.25) is 4.79 Å². The van der Waals surface area contributed by atoms with E-state index in [9.17, 15) is 13.2 Å². The van der Waals surface area contributed by atoms with Gasteiger partial charge < -0.3 is 10.5 Å². The number of esters is 1. The van der Waals surface area contributed by atoms with E-state index in [0.29, 0.717) is 0 Å². The Bertz CT molecular complexity index is 555. The molecule has 2 rings (SSSR count). The third kappa shape index (κ3) is 2.02. The molecular formula is C12H15NO4S. The van der Waals surface area contributed by atoms with E-state index in [1.807, 2.05) is 0 Å². The van der Waals surface area contributed by atoms with Crippen LogP contribution in [0.5, 0.6) is 0 Å². The van der Waals surface area contributed by atoms with Gasteiger partial charge in [-0.25, -0.2) is 8.42 Å². The lowest BCUT2D eigenvalue weighted by Crippen LogP contribution is -2.40. The summed E-state index contributed by atoms with van der Waals surface area (Å²) in [5.74, 6) is -0.644. The third-order valence-corrected chi connectivity index (χ3v) is 5.30. The van der Waals surface area contributed by atoms with Crippen molar-refractivity contribution in [2.24, 2.45) is 5.73 Å². The molecule has 0 amide bonds. The first-order chi connectivity index (χ1) is 8.43. The number of hydrogen-bond donors (Lipinski definition) is 1. The van der Waals surface area contributed by atoms with Gasteiger partial charge in [-0.1, -0.05) is 18.2 Å². The Morgan fingerprint density at radius 1 is 1.44 bits per heavy atom. The average Bonchev–Trinajstić information content (AvgIpc) is 3.06. The second-order valence-electron chi connectivity index (χ2n) is 4.31. The Morgan fingerprint density at radius 3 is 2.61 bits per heavy atom. The highest BCUT2D eigenvalue weighted by Crippen LogP contribution is 2.43. The highest BCUT2D eigenvalue weighted by atomic mass is 32.2. The first-order valence-corrected chi connectivity index (χ1v) is 7.22. The Morgan fingerprint density at radius 2 is 2.06 bits per heavy atom. The van der Waals surface area contributed by atoms with Gasteiger partial charge in [0.15, 0.2) is 9.84 Å². The highest BCUT2D eigenvalue weighted by molar-refractivity contribution is 7.92. The number of nitrogens with two attached hydrogens (primary N) is 1. The van der Waals surface area contributed by atoms with Crippen molar-refractivity contribution in [3.63, 3.8) is 0 Å². The maximum absolute atomic E-state index is 12.2. The predicted octanol–water partition coefficient (Wildman–Crippen LogP) is 0.493. The molecule has 0 bridgehead atoms. The van der Waals surface area contributed by atoms with Crippen LogP contribution in [-0.4, -0.2) is 31.8 Å². The van der Waals surface area contributed by atoms with Gasteiger partial charge in [-0.05, 0) is 25.5 Å². The zero-order valence-electron chi connectivity index (χ0n) is 10.00. The predicted molar refractivity (Wildman–Crippen MR) is 65.6 cm³/mol. The molecule has 1 aliphatic carbocycles. The van der Waals surface area contributed by atoms with E-state index in [1.165, 1.54) is 12.1 Å². The van der Waals surface area contributed by atoms with Crippen LogP contribution in [0.3, 0.4) is 0 Å². The van der Waals surface area contributed by atoms with E-state index in [0.717, 1.165) is 0 Å². The molecule has 1 fully saturated rings. The molecule has 1 aliphatic rings. The second-order valence-corrected chi connectivity index (χ2v) is 6.44. The van der Waals surface area contributed by atoms with E-state index in [-0.39, 0.29) is 17.9 Å². The van der Waals surface area contributed by atoms with Crippen LogP contribution in [-0.2, 0) is 19.4 Å². The fraction of sp³-hybridized carbons (Fsp3) is 0.417. The zero-order chi connectivity index (χ0) is 13.4. The van der Waals surface area contributed by atoms with Crippen molar-refractivity contribution in [1.29, 1.82) is 0 Å². The van der Waals surface area contributed by atoms with Crippen molar-refractivity contribution >= 4 is 15.8 Å².